The van der Waals surface area contributed by atoms with E-state index in [1.807, 2.05) is 0 Å². The van der Waals surface area contributed by atoms with E-state index in [1.54, 1.807) is 0 Å². The molecule has 0 spiro atoms. The van der Waals surface area contributed by atoms with E-state index in [2.05, 4.69) is 4.18 Å². The summed E-state index contributed by atoms with van der Waals surface area (Å²) in [7, 11) is -4.92. The molecule has 1 unspecified atom stereocenters. The van der Waals surface area contributed by atoms with E-state index in [0.29, 0.717) is 0 Å². The Labute approximate surface area is 104 Å². The smallest absolute Gasteiger partial charge is 0.336 e. The number of hydrogen-bond acceptors (Lipinski definition) is 5. The van der Waals surface area contributed by atoms with Gasteiger partial charge in [0.25, 0.3) is 0 Å². The second-order valence-corrected chi connectivity index (χ2v) is 5.14. The van der Waals surface area contributed by atoms with Gasteiger partial charge in [0, 0.05) is 19.4 Å². The summed E-state index contributed by atoms with van der Waals surface area (Å²) in [5.74, 6) is 0. The normalized spacial score (nSPS) is 21.3. The van der Waals surface area contributed by atoms with Crippen LogP contribution < -0.4 is 0 Å². The zero-order chi connectivity index (χ0) is 15.1. The SMILES string of the molecule is CN1C=CN(CC(F)(F)F)C1OS(=O)(=O)C(F)(F)F. The zero-order valence-electron chi connectivity index (χ0n) is 9.23. The Balaban J connectivity index is 2.87. The molecule has 0 saturated carbocycles. The summed E-state index contributed by atoms with van der Waals surface area (Å²) in [4.78, 5) is 1.04. The first-order valence-electron chi connectivity index (χ1n) is 4.56. The molecule has 1 aliphatic rings. The van der Waals surface area contributed by atoms with Crippen molar-refractivity contribution in [3.05, 3.63) is 12.4 Å². The van der Waals surface area contributed by atoms with Crippen LogP contribution in [-0.4, -0.2) is 49.8 Å². The summed E-state index contributed by atoms with van der Waals surface area (Å²) in [5, 5.41) is 0. The lowest BCUT2D eigenvalue weighted by molar-refractivity contribution is -0.162. The summed E-state index contributed by atoms with van der Waals surface area (Å²) in [6.07, 6.45) is -5.01. The van der Waals surface area contributed by atoms with E-state index in [0.717, 1.165) is 24.3 Å². The van der Waals surface area contributed by atoms with Gasteiger partial charge in [0.2, 0.25) is 6.35 Å². The third kappa shape index (κ3) is 3.89. The molecule has 0 aliphatic carbocycles. The van der Waals surface area contributed by atoms with Crippen LogP contribution >= 0.6 is 0 Å². The monoisotopic (exact) mass is 314 g/mol. The van der Waals surface area contributed by atoms with E-state index >= 15 is 0 Å². The highest BCUT2D eigenvalue weighted by Crippen LogP contribution is 2.30. The van der Waals surface area contributed by atoms with Gasteiger partial charge in [-0.05, 0) is 0 Å². The number of alkyl halides is 6. The van der Waals surface area contributed by atoms with Crippen LogP contribution in [0.3, 0.4) is 0 Å². The number of nitrogens with zero attached hydrogens (tertiary/aromatic N) is 2. The van der Waals surface area contributed by atoms with Crippen LogP contribution in [0.15, 0.2) is 12.4 Å². The van der Waals surface area contributed by atoms with Gasteiger partial charge in [0.1, 0.15) is 6.54 Å². The molecule has 0 N–H and O–H groups in total. The van der Waals surface area contributed by atoms with E-state index in [1.165, 1.54) is 0 Å². The highest BCUT2D eigenvalue weighted by molar-refractivity contribution is 7.87. The van der Waals surface area contributed by atoms with Gasteiger partial charge in [-0.15, -0.1) is 0 Å². The number of halogens is 6. The number of hydrogen-bond donors (Lipinski definition) is 0. The molecule has 1 atom stereocenters. The standard InChI is InChI=1S/C7H8F6N2O3S/c1-14-2-3-15(4-6(8,9)10)5(14)18-19(16,17)7(11,12)13/h2-3,5H,4H2,1H3. The van der Waals surface area contributed by atoms with E-state index < -0.39 is 34.7 Å². The Kier molecular flexibility index (Phi) is 3.96. The maximum atomic E-state index is 12.2. The predicted octanol–water partition coefficient (Wildman–Crippen LogP) is 1.42. The molecule has 0 saturated heterocycles. The molecule has 1 aliphatic heterocycles. The molecule has 0 fully saturated rings. The summed E-state index contributed by atoms with van der Waals surface area (Å²) < 4.78 is 98.0. The molecular weight excluding hydrogens is 306 g/mol. The van der Waals surface area contributed by atoms with Crippen LogP contribution in [0.25, 0.3) is 0 Å². The van der Waals surface area contributed by atoms with Crippen molar-refractivity contribution >= 4 is 10.1 Å². The maximum absolute atomic E-state index is 12.2. The highest BCUT2D eigenvalue weighted by atomic mass is 32.2. The molecular formula is C7H8F6N2O3S. The molecule has 12 heteroatoms. The topological polar surface area (TPSA) is 49.9 Å². The summed E-state index contributed by atoms with van der Waals surface area (Å²) in [5.41, 5.74) is -5.71. The Morgan fingerprint density at radius 2 is 1.68 bits per heavy atom. The minimum atomic E-state index is -5.99. The van der Waals surface area contributed by atoms with Crippen molar-refractivity contribution in [2.45, 2.75) is 18.0 Å². The molecule has 1 rings (SSSR count). The fourth-order valence-electron chi connectivity index (χ4n) is 1.20. The van der Waals surface area contributed by atoms with Crippen LogP contribution in [0.2, 0.25) is 0 Å². The largest absolute Gasteiger partial charge is 0.523 e. The molecule has 1 heterocycles. The van der Waals surface area contributed by atoms with Crippen LogP contribution in [0.5, 0.6) is 0 Å². The molecule has 19 heavy (non-hydrogen) atoms. The molecule has 0 radical (unpaired) electrons. The molecule has 0 aromatic carbocycles. The van der Waals surface area contributed by atoms with Gasteiger partial charge in [-0.1, -0.05) is 0 Å². The Morgan fingerprint density at radius 3 is 2.11 bits per heavy atom. The molecule has 112 valence electrons. The Morgan fingerprint density at radius 1 is 1.16 bits per heavy atom. The first-order chi connectivity index (χ1) is 8.33. The number of rotatable bonds is 3. The minimum Gasteiger partial charge on any atom is -0.336 e. The van der Waals surface area contributed by atoms with Crippen LogP contribution in [0.1, 0.15) is 0 Å². The zero-order valence-corrected chi connectivity index (χ0v) is 10.1. The van der Waals surface area contributed by atoms with Gasteiger partial charge in [-0.25, -0.2) is 4.18 Å². The van der Waals surface area contributed by atoms with Gasteiger partial charge in [0.05, 0.1) is 0 Å². The average Bonchev–Trinajstić information content (AvgIpc) is 2.45. The van der Waals surface area contributed by atoms with E-state index in [9.17, 15) is 34.8 Å². The molecule has 0 aromatic rings. The van der Waals surface area contributed by atoms with Gasteiger partial charge >= 0.3 is 21.8 Å². The first kappa shape index (κ1) is 15.9. The van der Waals surface area contributed by atoms with E-state index in [4.69, 9.17) is 0 Å². The lowest BCUT2D eigenvalue weighted by atomic mass is 10.5. The van der Waals surface area contributed by atoms with Crippen LogP contribution in [0.4, 0.5) is 26.3 Å². The van der Waals surface area contributed by atoms with E-state index in [-0.39, 0.29) is 4.90 Å². The first-order valence-corrected chi connectivity index (χ1v) is 5.97. The maximum Gasteiger partial charge on any atom is 0.523 e. The third-order valence-corrected chi connectivity index (χ3v) is 2.98. The van der Waals surface area contributed by atoms with Gasteiger partial charge in [0.15, 0.2) is 0 Å². The molecule has 0 amide bonds. The highest BCUT2D eigenvalue weighted by Gasteiger charge is 2.50. The van der Waals surface area contributed by atoms with Crippen LogP contribution in [-0.2, 0) is 14.3 Å². The lowest BCUT2D eigenvalue weighted by Gasteiger charge is -2.29. The van der Waals surface area contributed by atoms with Crippen molar-refractivity contribution in [3.63, 3.8) is 0 Å². The van der Waals surface area contributed by atoms with Crippen LogP contribution in [0, 0.1) is 0 Å². The Hall–Kier alpha value is -1.17. The van der Waals surface area contributed by atoms with Crippen molar-refractivity contribution < 1.29 is 38.9 Å². The minimum absolute atomic E-state index is 0.281. The van der Waals surface area contributed by atoms with Crippen molar-refractivity contribution in [2.24, 2.45) is 0 Å². The molecule has 0 aromatic heterocycles. The predicted molar refractivity (Wildman–Crippen MR) is 49.5 cm³/mol. The van der Waals surface area contributed by atoms with Gasteiger partial charge < -0.3 is 9.80 Å². The van der Waals surface area contributed by atoms with Crippen molar-refractivity contribution in [2.75, 3.05) is 13.6 Å². The fraction of sp³-hybridized carbons (Fsp3) is 0.714. The summed E-state index contributed by atoms with van der Waals surface area (Å²) >= 11 is 0. The summed E-state index contributed by atoms with van der Waals surface area (Å²) in [6, 6.07) is 0. The quantitative estimate of drug-likeness (QED) is 0.448. The average molecular weight is 314 g/mol. The third-order valence-electron chi connectivity index (χ3n) is 1.98. The molecule has 5 nitrogen and oxygen atoms in total. The van der Waals surface area contributed by atoms with Crippen molar-refractivity contribution in [3.8, 4) is 0 Å². The second kappa shape index (κ2) is 4.74. The van der Waals surface area contributed by atoms with Gasteiger partial charge in [-0.2, -0.15) is 34.8 Å². The van der Waals surface area contributed by atoms with Crippen molar-refractivity contribution in [1.29, 1.82) is 0 Å². The lowest BCUT2D eigenvalue weighted by Crippen LogP contribution is -2.46. The Bertz CT molecular complexity index is 456. The molecule has 0 bridgehead atoms. The second-order valence-electron chi connectivity index (χ2n) is 3.57. The van der Waals surface area contributed by atoms with Crippen molar-refractivity contribution in [1.82, 2.24) is 9.80 Å². The van der Waals surface area contributed by atoms with Gasteiger partial charge in [-0.3, -0.25) is 0 Å². The summed E-state index contributed by atoms with van der Waals surface area (Å²) in [6.45, 7) is -1.65. The fourth-order valence-corrected chi connectivity index (χ4v) is 1.78.